The summed E-state index contributed by atoms with van der Waals surface area (Å²) in [6.07, 6.45) is 3.85. The average Bonchev–Trinajstić information content (AvgIpc) is 2.52. The quantitative estimate of drug-likeness (QED) is 0.689. The maximum absolute atomic E-state index is 6.27. The Morgan fingerprint density at radius 3 is 2.73 bits per heavy atom. The van der Waals surface area contributed by atoms with Gasteiger partial charge in [-0.3, -0.25) is 4.99 Å². The number of fused-ring (bicyclic) bond motifs is 1. The number of ether oxygens (including phenoxy) is 1. The Kier molecular flexibility index (Phi) is 4.73. The van der Waals surface area contributed by atoms with Gasteiger partial charge < -0.3 is 10.1 Å². The molecule has 0 amide bonds. The van der Waals surface area contributed by atoms with Gasteiger partial charge in [-0.15, -0.1) is 11.8 Å². The molecule has 0 spiro atoms. The fourth-order valence-electron chi connectivity index (χ4n) is 1.98. The summed E-state index contributed by atoms with van der Waals surface area (Å²) < 4.78 is 5.81. The Bertz CT molecular complexity index is 752. The van der Waals surface area contributed by atoms with Crippen molar-refractivity contribution in [3.05, 3.63) is 45.4 Å². The van der Waals surface area contributed by atoms with Gasteiger partial charge in [0.25, 0.3) is 0 Å². The molecule has 114 valence electrons. The van der Waals surface area contributed by atoms with E-state index in [2.05, 4.69) is 10.3 Å². The number of aliphatic imine (C=N–C) groups is 1. The smallest absolute Gasteiger partial charge is 0.148 e. The molecule has 1 aliphatic heterocycles. The second kappa shape index (κ2) is 6.59. The van der Waals surface area contributed by atoms with Crippen molar-refractivity contribution in [2.75, 3.05) is 11.6 Å². The van der Waals surface area contributed by atoms with Crippen LogP contribution >= 0.6 is 46.6 Å². The largest absolute Gasteiger partial charge is 0.454 e. The summed E-state index contributed by atoms with van der Waals surface area (Å²) in [5.41, 5.74) is 1.64. The van der Waals surface area contributed by atoms with E-state index in [-0.39, 0.29) is 5.37 Å². The van der Waals surface area contributed by atoms with Crippen molar-refractivity contribution in [3.63, 3.8) is 0 Å². The van der Waals surface area contributed by atoms with Crippen LogP contribution in [0.5, 0.6) is 11.5 Å². The van der Waals surface area contributed by atoms with Gasteiger partial charge in [-0.05, 0) is 24.5 Å². The maximum Gasteiger partial charge on any atom is 0.148 e. The third-order valence-electron chi connectivity index (χ3n) is 3.09. The second-order valence-electron chi connectivity index (χ2n) is 4.53. The first kappa shape index (κ1) is 15.8. The van der Waals surface area contributed by atoms with E-state index in [4.69, 9.17) is 39.5 Å². The molecule has 1 N–H and O–H groups in total. The minimum Gasteiger partial charge on any atom is -0.454 e. The molecule has 1 aliphatic rings. The van der Waals surface area contributed by atoms with E-state index in [1.165, 1.54) is 0 Å². The number of nitrogens with one attached hydrogen (secondary N) is 1. The van der Waals surface area contributed by atoms with Gasteiger partial charge in [0.2, 0.25) is 0 Å². The molecule has 7 heteroatoms. The average molecular weight is 374 g/mol. The zero-order valence-corrected chi connectivity index (χ0v) is 14.5. The number of rotatable bonds is 3. The predicted octanol–water partition coefficient (Wildman–Crippen LogP) is 6.26. The molecular weight excluding hydrogens is 363 g/mol. The van der Waals surface area contributed by atoms with Gasteiger partial charge in [0.15, 0.2) is 0 Å². The van der Waals surface area contributed by atoms with E-state index in [0.717, 1.165) is 11.4 Å². The summed E-state index contributed by atoms with van der Waals surface area (Å²) >= 11 is 20.1. The standard InChI is InChI=1S/C15H11Cl3N2OS/c1-22-14-7-19-10-5-9(17)13(6-11(10)20-14)21-12-4-2-3-8(16)15(12)18/h2-7,14,20H,1H3. The van der Waals surface area contributed by atoms with Crippen LogP contribution in [0.25, 0.3) is 0 Å². The van der Waals surface area contributed by atoms with E-state index >= 15 is 0 Å². The molecule has 3 rings (SSSR count). The van der Waals surface area contributed by atoms with Gasteiger partial charge >= 0.3 is 0 Å². The van der Waals surface area contributed by atoms with Crippen LogP contribution in [0.3, 0.4) is 0 Å². The van der Waals surface area contributed by atoms with Crippen molar-refractivity contribution < 1.29 is 4.74 Å². The van der Waals surface area contributed by atoms with E-state index < -0.39 is 0 Å². The highest BCUT2D eigenvalue weighted by molar-refractivity contribution is 7.99. The van der Waals surface area contributed by atoms with Crippen LogP contribution in [-0.4, -0.2) is 17.8 Å². The summed E-state index contributed by atoms with van der Waals surface area (Å²) in [6, 6.07) is 8.77. The molecule has 22 heavy (non-hydrogen) atoms. The lowest BCUT2D eigenvalue weighted by atomic mass is 10.2. The van der Waals surface area contributed by atoms with Crippen molar-refractivity contribution in [1.82, 2.24) is 0 Å². The highest BCUT2D eigenvalue weighted by Gasteiger charge is 2.17. The van der Waals surface area contributed by atoms with Crippen molar-refractivity contribution in [1.29, 1.82) is 0 Å². The van der Waals surface area contributed by atoms with Crippen LogP contribution in [-0.2, 0) is 0 Å². The van der Waals surface area contributed by atoms with Gasteiger partial charge in [0.05, 0.1) is 21.4 Å². The van der Waals surface area contributed by atoms with E-state index in [1.807, 2.05) is 18.5 Å². The molecule has 0 aliphatic carbocycles. The number of nitrogens with zero attached hydrogens (tertiary/aromatic N) is 1. The molecule has 3 nitrogen and oxygen atoms in total. The van der Waals surface area contributed by atoms with Crippen LogP contribution in [0.1, 0.15) is 0 Å². The van der Waals surface area contributed by atoms with Crippen LogP contribution in [0.4, 0.5) is 11.4 Å². The lowest BCUT2D eigenvalue weighted by Crippen LogP contribution is -2.19. The molecule has 1 atom stereocenters. The Morgan fingerprint density at radius 1 is 1.14 bits per heavy atom. The Balaban J connectivity index is 1.95. The molecule has 1 heterocycles. The SMILES string of the molecule is CSC1C=Nc2cc(Cl)c(Oc3cccc(Cl)c3Cl)cc2N1. The molecule has 0 saturated heterocycles. The minimum absolute atomic E-state index is 0.122. The fourth-order valence-corrected chi connectivity index (χ4v) is 2.94. The third kappa shape index (κ3) is 3.15. The van der Waals surface area contributed by atoms with Crippen LogP contribution in [0, 0.1) is 0 Å². The van der Waals surface area contributed by atoms with Crippen LogP contribution in [0.15, 0.2) is 35.3 Å². The fraction of sp³-hybridized carbons (Fsp3) is 0.133. The number of hydrogen-bond donors (Lipinski definition) is 1. The van der Waals surface area contributed by atoms with Crippen molar-refractivity contribution in [2.45, 2.75) is 5.37 Å². The van der Waals surface area contributed by atoms with E-state index in [1.54, 1.807) is 36.0 Å². The monoisotopic (exact) mass is 372 g/mol. The molecular formula is C15H11Cl3N2OS. The highest BCUT2D eigenvalue weighted by atomic mass is 35.5. The molecule has 2 aromatic rings. The van der Waals surface area contributed by atoms with Gasteiger partial charge in [-0.1, -0.05) is 40.9 Å². The van der Waals surface area contributed by atoms with Gasteiger partial charge in [-0.25, -0.2) is 0 Å². The van der Waals surface area contributed by atoms with E-state index in [0.29, 0.717) is 26.6 Å². The minimum atomic E-state index is 0.122. The summed E-state index contributed by atoms with van der Waals surface area (Å²) in [7, 11) is 0. The lowest BCUT2D eigenvalue weighted by Gasteiger charge is -2.21. The van der Waals surface area contributed by atoms with Crippen molar-refractivity contribution >= 4 is 64.2 Å². The first-order chi connectivity index (χ1) is 10.6. The lowest BCUT2D eigenvalue weighted by molar-refractivity contribution is 0.483. The highest BCUT2D eigenvalue weighted by Crippen LogP contribution is 2.42. The molecule has 2 aromatic carbocycles. The number of benzene rings is 2. The Hall–Kier alpha value is -1.07. The van der Waals surface area contributed by atoms with E-state index in [9.17, 15) is 0 Å². The zero-order valence-electron chi connectivity index (χ0n) is 11.4. The van der Waals surface area contributed by atoms with Gasteiger partial charge in [-0.2, -0.15) is 0 Å². The topological polar surface area (TPSA) is 33.6 Å². The summed E-state index contributed by atoms with van der Waals surface area (Å²) in [6.45, 7) is 0. The van der Waals surface area contributed by atoms with Crippen molar-refractivity contribution in [2.24, 2.45) is 4.99 Å². The van der Waals surface area contributed by atoms with Gasteiger partial charge in [0, 0.05) is 12.3 Å². The Labute approximate surface area is 147 Å². The van der Waals surface area contributed by atoms with Crippen LogP contribution in [0.2, 0.25) is 15.1 Å². The summed E-state index contributed by atoms with van der Waals surface area (Å²) in [4.78, 5) is 4.39. The zero-order chi connectivity index (χ0) is 15.7. The van der Waals surface area contributed by atoms with Gasteiger partial charge in [0.1, 0.15) is 21.9 Å². The predicted molar refractivity (Wildman–Crippen MR) is 97.1 cm³/mol. The number of halogens is 3. The first-order valence-electron chi connectivity index (χ1n) is 6.37. The number of anilines is 1. The molecule has 0 aromatic heterocycles. The molecule has 1 unspecified atom stereocenters. The number of thioether (sulfide) groups is 1. The normalized spacial score (nSPS) is 16.1. The molecule has 0 saturated carbocycles. The van der Waals surface area contributed by atoms with Crippen LogP contribution < -0.4 is 10.1 Å². The summed E-state index contributed by atoms with van der Waals surface area (Å²) in [5, 5.41) is 4.70. The van der Waals surface area contributed by atoms with Crippen molar-refractivity contribution in [3.8, 4) is 11.5 Å². The third-order valence-corrected chi connectivity index (χ3v) is 4.93. The first-order valence-corrected chi connectivity index (χ1v) is 8.79. The Morgan fingerprint density at radius 2 is 1.95 bits per heavy atom. The number of hydrogen-bond acceptors (Lipinski definition) is 4. The molecule has 0 fully saturated rings. The molecule has 0 bridgehead atoms. The molecule has 0 radical (unpaired) electrons. The maximum atomic E-state index is 6.27. The second-order valence-corrected chi connectivity index (χ2v) is 6.70. The summed E-state index contributed by atoms with van der Waals surface area (Å²) in [5.74, 6) is 0.950.